The molecule has 0 aromatic heterocycles. The van der Waals surface area contributed by atoms with Crippen molar-refractivity contribution in [3.63, 3.8) is 0 Å². The number of hydrogen-bond acceptors (Lipinski definition) is 5. The summed E-state index contributed by atoms with van der Waals surface area (Å²) in [5.74, 6) is -2.94. The summed E-state index contributed by atoms with van der Waals surface area (Å²) < 4.78 is 28.6. The normalized spacial score (nSPS) is 19.2. The van der Waals surface area contributed by atoms with E-state index in [2.05, 4.69) is 10.7 Å². The van der Waals surface area contributed by atoms with Gasteiger partial charge in [-0.25, -0.2) is 8.78 Å². The van der Waals surface area contributed by atoms with Crippen molar-refractivity contribution in [2.24, 2.45) is 0 Å². The highest BCUT2D eigenvalue weighted by Crippen LogP contribution is 2.28. The van der Waals surface area contributed by atoms with E-state index in [4.69, 9.17) is 0 Å². The third kappa shape index (κ3) is 3.12. The lowest BCUT2D eigenvalue weighted by Gasteiger charge is -2.30. The van der Waals surface area contributed by atoms with Crippen molar-refractivity contribution in [2.75, 3.05) is 36.5 Å². The predicted octanol–water partition coefficient (Wildman–Crippen LogP) is 1.24. The zero-order valence-corrected chi connectivity index (χ0v) is 12.6. The van der Waals surface area contributed by atoms with E-state index < -0.39 is 23.4 Å². The molecule has 6 nitrogen and oxygen atoms in total. The first kappa shape index (κ1) is 15.7. The van der Waals surface area contributed by atoms with Gasteiger partial charge in [0.2, 0.25) is 11.8 Å². The van der Waals surface area contributed by atoms with Gasteiger partial charge in [0, 0.05) is 39.0 Å². The van der Waals surface area contributed by atoms with Crippen LogP contribution < -0.4 is 15.6 Å². The highest BCUT2D eigenvalue weighted by Gasteiger charge is 2.28. The third-order valence-electron chi connectivity index (χ3n) is 4.03. The van der Waals surface area contributed by atoms with Gasteiger partial charge in [0.05, 0.1) is 11.4 Å². The molecule has 1 aromatic rings. The molecule has 23 heavy (non-hydrogen) atoms. The van der Waals surface area contributed by atoms with Gasteiger partial charge in [-0.3, -0.25) is 15.0 Å². The molecule has 8 heteroatoms. The molecule has 0 spiro atoms. The molecular formula is C15H18F2N4O2. The number of hydrogen-bond donors (Lipinski definition) is 2. The highest BCUT2D eigenvalue weighted by molar-refractivity contribution is 5.98. The van der Waals surface area contributed by atoms with Crippen LogP contribution in [-0.4, -0.2) is 43.0 Å². The summed E-state index contributed by atoms with van der Waals surface area (Å²) in [6.45, 7) is 2.59. The van der Waals surface area contributed by atoms with E-state index in [0.29, 0.717) is 32.6 Å². The standard InChI is InChI=1S/C15H18F2N4O2/c16-14-10(19-21-12(22)2-1-3-13(21)23)4-5-11(15(14)17)20-8-6-18-7-9-20/h4-5,18-19H,1-3,6-9H2. The molecule has 2 aliphatic heterocycles. The number of piperidine rings is 1. The van der Waals surface area contributed by atoms with Crippen LogP contribution in [-0.2, 0) is 9.59 Å². The molecule has 3 rings (SSSR count). The Morgan fingerprint density at radius 2 is 1.65 bits per heavy atom. The third-order valence-corrected chi connectivity index (χ3v) is 4.03. The van der Waals surface area contributed by atoms with Crippen molar-refractivity contribution in [2.45, 2.75) is 19.3 Å². The molecule has 2 fully saturated rings. The van der Waals surface area contributed by atoms with E-state index in [1.807, 2.05) is 0 Å². The van der Waals surface area contributed by atoms with Gasteiger partial charge in [-0.15, -0.1) is 0 Å². The van der Waals surface area contributed by atoms with E-state index in [1.54, 1.807) is 4.90 Å². The molecule has 2 heterocycles. The number of benzene rings is 1. The molecule has 0 bridgehead atoms. The van der Waals surface area contributed by atoms with Crippen LogP contribution in [0.5, 0.6) is 0 Å². The lowest BCUT2D eigenvalue weighted by molar-refractivity contribution is -0.146. The van der Waals surface area contributed by atoms with Gasteiger partial charge in [-0.05, 0) is 18.6 Å². The molecule has 0 saturated carbocycles. The van der Waals surface area contributed by atoms with Crippen molar-refractivity contribution in [1.29, 1.82) is 0 Å². The lowest BCUT2D eigenvalue weighted by Crippen LogP contribution is -2.45. The quantitative estimate of drug-likeness (QED) is 0.819. The highest BCUT2D eigenvalue weighted by atomic mass is 19.2. The Bertz CT molecular complexity index is 616. The number of halogens is 2. The van der Waals surface area contributed by atoms with Crippen LogP contribution in [0.2, 0.25) is 0 Å². The average Bonchev–Trinajstić information content (AvgIpc) is 2.56. The Balaban J connectivity index is 1.82. The second-order valence-corrected chi connectivity index (χ2v) is 5.59. The minimum absolute atomic E-state index is 0.186. The second-order valence-electron chi connectivity index (χ2n) is 5.59. The van der Waals surface area contributed by atoms with Crippen LogP contribution in [0.25, 0.3) is 0 Å². The summed E-state index contributed by atoms with van der Waals surface area (Å²) in [6, 6.07) is 2.82. The fraction of sp³-hybridized carbons (Fsp3) is 0.467. The largest absolute Gasteiger partial charge is 0.367 e. The topological polar surface area (TPSA) is 64.7 Å². The molecule has 0 aliphatic carbocycles. The number of carbonyl (C=O) groups is 2. The van der Waals surface area contributed by atoms with Crippen LogP contribution >= 0.6 is 0 Å². The van der Waals surface area contributed by atoms with Crippen LogP contribution in [0, 0.1) is 11.6 Å². The van der Waals surface area contributed by atoms with E-state index in [-0.39, 0.29) is 24.2 Å². The van der Waals surface area contributed by atoms with Gasteiger partial charge in [0.25, 0.3) is 0 Å². The van der Waals surface area contributed by atoms with Crippen molar-refractivity contribution < 1.29 is 18.4 Å². The summed E-state index contributed by atoms with van der Waals surface area (Å²) in [7, 11) is 0. The minimum Gasteiger partial charge on any atom is -0.367 e. The summed E-state index contributed by atoms with van der Waals surface area (Å²) >= 11 is 0. The number of nitrogens with zero attached hydrogens (tertiary/aromatic N) is 2. The maximum absolute atomic E-state index is 14.3. The van der Waals surface area contributed by atoms with Crippen molar-refractivity contribution in [1.82, 2.24) is 10.3 Å². The van der Waals surface area contributed by atoms with Gasteiger partial charge >= 0.3 is 0 Å². The molecule has 2 saturated heterocycles. The molecule has 124 valence electrons. The molecule has 0 unspecified atom stereocenters. The van der Waals surface area contributed by atoms with Crippen LogP contribution in [0.1, 0.15) is 19.3 Å². The summed E-state index contributed by atoms with van der Waals surface area (Å²) in [4.78, 5) is 25.2. The Morgan fingerprint density at radius 3 is 2.30 bits per heavy atom. The van der Waals surface area contributed by atoms with Gasteiger partial charge in [0.1, 0.15) is 0 Å². The summed E-state index contributed by atoms with van der Waals surface area (Å²) in [5, 5.41) is 3.91. The fourth-order valence-corrected chi connectivity index (χ4v) is 2.77. The molecule has 1 aromatic carbocycles. The first-order valence-corrected chi connectivity index (χ1v) is 7.64. The summed E-state index contributed by atoms with van der Waals surface area (Å²) in [6.07, 6.45) is 0.901. The van der Waals surface area contributed by atoms with Gasteiger partial charge < -0.3 is 10.2 Å². The van der Waals surface area contributed by atoms with Crippen LogP contribution in [0.4, 0.5) is 20.2 Å². The predicted molar refractivity (Wildman–Crippen MR) is 80.8 cm³/mol. The van der Waals surface area contributed by atoms with Crippen LogP contribution in [0.3, 0.4) is 0 Å². The average molecular weight is 324 g/mol. The number of hydrazine groups is 1. The van der Waals surface area contributed by atoms with Crippen LogP contribution in [0.15, 0.2) is 12.1 Å². The van der Waals surface area contributed by atoms with Gasteiger partial charge in [-0.2, -0.15) is 5.01 Å². The second kappa shape index (κ2) is 6.49. The number of amides is 2. The number of imide groups is 1. The van der Waals surface area contributed by atoms with E-state index in [0.717, 1.165) is 5.01 Å². The molecule has 0 atom stereocenters. The Hall–Kier alpha value is -2.22. The number of carbonyl (C=O) groups excluding carboxylic acids is 2. The Labute approximate surface area is 132 Å². The number of nitrogens with one attached hydrogen (secondary N) is 2. The van der Waals surface area contributed by atoms with E-state index >= 15 is 0 Å². The van der Waals surface area contributed by atoms with Crippen molar-refractivity contribution in [3.05, 3.63) is 23.8 Å². The first-order valence-electron chi connectivity index (χ1n) is 7.64. The van der Waals surface area contributed by atoms with Gasteiger partial charge in [0.15, 0.2) is 11.6 Å². The van der Waals surface area contributed by atoms with Gasteiger partial charge in [-0.1, -0.05) is 0 Å². The minimum atomic E-state index is -1.09. The summed E-state index contributed by atoms with van der Waals surface area (Å²) in [5.41, 5.74) is 2.38. The molecule has 2 N–H and O–H groups in total. The van der Waals surface area contributed by atoms with E-state index in [1.165, 1.54) is 12.1 Å². The zero-order valence-electron chi connectivity index (χ0n) is 12.6. The number of anilines is 2. The SMILES string of the molecule is O=C1CCCC(=O)N1Nc1ccc(N2CCNCC2)c(F)c1F. The Morgan fingerprint density at radius 1 is 1.00 bits per heavy atom. The maximum Gasteiger partial charge on any atom is 0.248 e. The number of piperazine rings is 1. The lowest BCUT2D eigenvalue weighted by atomic mass is 10.1. The first-order chi connectivity index (χ1) is 11.1. The Kier molecular flexibility index (Phi) is 4.42. The zero-order chi connectivity index (χ0) is 16.4. The fourth-order valence-electron chi connectivity index (χ4n) is 2.77. The van der Waals surface area contributed by atoms with E-state index in [9.17, 15) is 18.4 Å². The monoisotopic (exact) mass is 324 g/mol. The maximum atomic E-state index is 14.3. The smallest absolute Gasteiger partial charge is 0.248 e. The molecule has 0 radical (unpaired) electrons. The van der Waals surface area contributed by atoms with Crippen molar-refractivity contribution in [3.8, 4) is 0 Å². The molecular weight excluding hydrogens is 306 g/mol. The van der Waals surface area contributed by atoms with Crippen molar-refractivity contribution >= 4 is 23.2 Å². The molecule has 2 aliphatic rings. The number of rotatable bonds is 3. The molecule has 2 amide bonds.